The number of hydrogen-bond donors (Lipinski definition) is 1. The highest BCUT2D eigenvalue weighted by Crippen LogP contribution is 2.27. The molecule has 0 amide bonds. The Labute approximate surface area is 168 Å². The molecule has 0 saturated heterocycles. The minimum atomic E-state index is -3.96. The number of nitrogens with zero attached hydrogens (tertiary/aromatic N) is 1. The SMILES string of the molecule is CCN(CC)S(=O)(=O)c1ccc(S(=O)(=O)Nc2ccc(SC(F)F)cc2)cc1. The first-order valence-electron chi connectivity index (χ1n) is 8.28. The molecule has 0 radical (unpaired) electrons. The molecule has 0 aliphatic heterocycles. The molecule has 0 unspecified atom stereocenters. The third-order valence-corrected chi connectivity index (χ3v) is 7.99. The minimum absolute atomic E-state index is 0.00327. The molecule has 0 aliphatic carbocycles. The molecule has 28 heavy (non-hydrogen) atoms. The van der Waals surface area contributed by atoms with Crippen LogP contribution in [0.3, 0.4) is 0 Å². The molecule has 11 heteroatoms. The molecule has 0 saturated carbocycles. The first kappa shape index (κ1) is 22.6. The van der Waals surface area contributed by atoms with Gasteiger partial charge in [0, 0.05) is 23.7 Å². The van der Waals surface area contributed by atoms with Gasteiger partial charge in [0.15, 0.2) is 0 Å². The number of nitrogens with one attached hydrogen (secondary N) is 1. The summed E-state index contributed by atoms with van der Waals surface area (Å²) >= 11 is 0.360. The lowest BCUT2D eigenvalue weighted by atomic mass is 10.3. The highest BCUT2D eigenvalue weighted by atomic mass is 32.2. The summed E-state index contributed by atoms with van der Waals surface area (Å²) in [6, 6.07) is 10.4. The average Bonchev–Trinajstić information content (AvgIpc) is 2.63. The third kappa shape index (κ3) is 5.43. The highest BCUT2D eigenvalue weighted by Gasteiger charge is 2.22. The standard InChI is InChI=1S/C17H20F2N2O4S3/c1-3-21(4-2)28(24,25)16-11-9-15(10-12-16)27(22,23)20-13-5-7-14(8-6-13)26-17(18)19/h5-12,17,20H,3-4H2,1-2H3. The van der Waals surface area contributed by atoms with E-state index in [-0.39, 0.29) is 15.5 Å². The summed E-state index contributed by atoms with van der Waals surface area (Å²) in [5, 5.41) is 0. The van der Waals surface area contributed by atoms with Gasteiger partial charge in [-0.1, -0.05) is 25.6 Å². The van der Waals surface area contributed by atoms with Gasteiger partial charge in [-0.2, -0.15) is 13.1 Å². The zero-order valence-corrected chi connectivity index (χ0v) is 17.6. The molecule has 2 rings (SSSR count). The van der Waals surface area contributed by atoms with E-state index in [1.807, 2.05) is 0 Å². The summed E-state index contributed by atoms with van der Waals surface area (Å²) < 4.78 is 78.1. The molecule has 2 aromatic carbocycles. The summed E-state index contributed by atoms with van der Waals surface area (Å²) in [5.41, 5.74) is 0.207. The van der Waals surface area contributed by atoms with E-state index >= 15 is 0 Å². The van der Waals surface area contributed by atoms with E-state index in [1.165, 1.54) is 52.8 Å². The van der Waals surface area contributed by atoms with Crippen LogP contribution in [0.1, 0.15) is 13.8 Å². The molecule has 0 atom stereocenters. The molecule has 0 fully saturated rings. The van der Waals surface area contributed by atoms with Gasteiger partial charge < -0.3 is 0 Å². The van der Waals surface area contributed by atoms with Crippen molar-refractivity contribution in [3.8, 4) is 0 Å². The monoisotopic (exact) mass is 450 g/mol. The van der Waals surface area contributed by atoms with Crippen LogP contribution in [0, 0.1) is 0 Å². The lowest BCUT2D eigenvalue weighted by Gasteiger charge is -2.18. The lowest BCUT2D eigenvalue weighted by molar-refractivity contribution is 0.252. The van der Waals surface area contributed by atoms with Crippen LogP contribution in [0.2, 0.25) is 0 Å². The summed E-state index contributed by atoms with van der Waals surface area (Å²) in [6.07, 6.45) is 0. The zero-order chi connectivity index (χ0) is 20.9. The Kier molecular flexibility index (Phi) is 7.43. The van der Waals surface area contributed by atoms with E-state index in [9.17, 15) is 25.6 Å². The van der Waals surface area contributed by atoms with Crippen LogP contribution in [0.5, 0.6) is 0 Å². The third-order valence-electron chi connectivity index (χ3n) is 3.81. The maximum atomic E-state index is 12.5. The number of sulfonamides is 2. The number of thioether (sulfide) groups is 1. The van der Waals surface area contributed by atoms with Crippen LogP contribution in [0.25, 0.3) is 0 Å². The number of anilines is 1. The predicted molar refractivity (Wildman–Crippen MR) is 106 cm³/mol. The topological polar surface area (TPSA) is 83.6 Å². The minimum Gasteiger partial charge on any atom is -0.280 e. The van der Waals surface area contributed by atoms with Crippen molar-refractivity contribution in [3.05, 3.63) is 48.5 Å². The number of halogens is 2. The maximum Gasteiger partial charge on any atom is 0.288 e. The Balaban J connectivity index is 2.20. The molecule has 0 bridgehead atoms. The van der Waals surface area contributed by atoms with Crippen molar-refractivity contribution in [3.63, 3.8) is 0 Å². The van der Waals surface area contributed by atoms with Gasteiger partial charge >= 0.3 is 0 Å². The second-order valence-electron chi connectivity index (χ2n) is 5.57. The summed E-state index contributed by atoms with van der Waals surface area (Å²) in [7, 11) is -7.64. The Morgan fingerprint density at radius 2 is 1.39 bits per heavy atom. The normalized spacial score (nSPS) is 12.5. The number of alkyl halides is 2. The van der Waals surface area contributed by atoms with Gasteiger partial charge in [-0.05, 0) is 48.5 Å². The molecule has 1 N–H and O–H groups in total. The second-order valence-corrected chi connectivity index (χ2v) is 10.3. The van der Waals surface area contributed by atoms with E-state index in [0.29, 0.717) is 29.7 Å². The fourth-order valence-electron chi connectivity index (χ4n) is 2.42. The second kappa shape index (κ2) is 9.21. The van der Waals surface area contributed by atoms with Crippen LogP contribution >= 0.6 is 11.8 Å². The number of benzene rings is 2. The smallest absolute Gasteiger partial charge is 0.280 e. The fourth-order valence-corrected chi connectivity index (χ4v) is 5.44. The Morgan fingerprint density at radius 3 is 1.86 bits per heavy atom. The van der Waals surface area contributed by atoms with Crippen LogP contribution in [-0.2, 0) is 20.0 Å². The molecule has 0 aliphatic rings. The van der Waals surface area contributed by atoms with Crippen molar-refractivity contribution in [2.24, 2.45) is 0 Å². The zero-order valence-electron chi connectivity index (χ0n) is 15.2. The Hall–Kier alpha value is -1.69. The van der Waals surface area contributed by atoms with Crippen LogP contribution in [-0.4, -0.2) is 40.0 Å². The van der Waals surface area contributed by atoms with E-state index in [2.05, 4.69) is 4.72 Å². The van der Waals surface area contributed by atoms with Crippen LogP contribution < -0.4 is 4.72 Å². The number of rotatable bonds is 9. The molecule has 0 heterocycles. The first-order chi connectivity index (χ1) is 13.1. The summed E-state index contributed by atoms with van der Waals surface area (Å²) in [5.74, 6) is -2.56. The van der Waals surface area contributed by atoms with Gasteiger partial charge in [0.2, 0.25) is 10.0 Å². The van der Waals surface area contributed by atoms with Crippen LogP contribution in [0.15, 0.2) is 63.2 Å². The van der Waals surface area contributed by atoms with Crippen molar-refractivity contribution < 1.29 is 25.6 Å². The van der Waals surface area contributed by atoms with Gasteiger partial charge in [-0.25, -0.2) is 16.8 Å². The van der Waals surface area contributed by atoms with E-state index in [1.54, 1.807) is 13.8 Å². The van der Waals surface area contributed by atoms with Crippen LogP contribution in [0.4, 0.5) is 14.5 Å². The van der Waals surface area contributed by atoms with E-state index in [4.69, 9.17) is 0 Å². The van der Waals surface area contributed by atoms with Crippen molar-refractivity contribution in [2.75, 3.05) is 17.8 Å². The molecule has 6 nitrogen and oxygen atoms in total. The summed E-state index contributed by atoms with van der Waals surface area (Å²) in [6.45, 7) is 4.05. The van der Waals surface area contributed by atoms with Crippen molar-refractivity contribution in [1.29, 1.82) is 0 Å². The van der Waals surface area contributed by atoms with Crippen molar-refractivity contribution in [2.45, 2.75) is 34.3 Å². The van der Waals surface area contributed by atoms with Gasteiger partial charge in [0.05, 0.1) is 9.79 Å². The lowest BCUT2D eigenvalue weighted by Crippen LogP contribution is -2.30. The van der Waals surface area contributed by atoms with Gasteiger partial charge in [0.25, 0.3) is 15.8 Å². The number of hydrogen-bond acceptors (Lipinski definition) is 5. The van der Waals surface area contributed by atoms with E-state index in [0.717, 1.165) is 0 Å². The average molecular weight is 451 g/mol. The molecule has 0 spiro atoms. The molecule has 2 aromatic rings. The van der Waals surface area contributed by atoms with Gasteiger partial charge in [0.1, 0.15) is 0 Å². The van der Waals surface area contributed by atoms with E-state index < -0.39 is 25.8 Å². The Morgan fingerprint density at radius 1 is 0.893 bits per heavy atom. The molecular formula is C17H20F2N2O4S3. The molecular weight excluding hydrogens is 430 g/mol. The van der Waals surface area contributed by atoms with Gasteiger partial charge in [-0.15, -0.1) is 0 Å². The Bertz CT molecular complexity index is 990. The summed E-state index contributed by atoms with van der Waals surface area (Å²) in [4.78, 5) is 0.199. The largest absolute Gasteiger partial charge is 0.288 e. The predicted octanol–water partition coefficient (Wildman–Crippen LogP) is 3.83. The van der Waals surface area contributed by atoms with Crippen molar-refractivity contribution >= 4 is 37.5 Å². The first-order valence-corrected chi connectivity index (χ1v) is 12.1. The molecule has 154 valence electrons. The highest BCUT2D eigenvalue weighted by molar-refractivity contribution is 7.99. The quantitative estimate of drug-likeness (QED) is 0.587. The molecule has 0 aromatic heterocycles. The fraction of sp³-hybridized carbons (Fsp3) is 0.294. The maximum absolute atomic E-state index is 12.5. The van der Waals surface area contributed by atoms with Gasteiger partial charge in [-0.3, -0.25) is 4.72 Å². The van der Waals surface area contributed by atoms with Crippen molar-refractivity contribution in [1.82, 2.24) is 4.31 Å².